The van der Waals surface area contributed by atoms with Crippen LogP contribution in [0, 0.1) is 0 Å². The lowest BCUT2D eigenvalue weighted by Crippen LogP contribution is -2.42. The maximum absolute atomic E-state index is 12.8. The highest BCUT2D eigenvalue weighted by Gasteiger charge is 2.30. The number of amides is 1. The lowest BCUT2D eigenvalue weighted by atomic mass is 9.91. The smallest absolute Gasteiger partial charge is 0.267 e. The number of carbonyl (C=O) groups excluding carboxylic acids is 1. The zero-order valence-electron chi connectivity index (χ0n) is 13.0. The van der Waals surface area contributed by atoms with Crippen LogP contribution in [0.25, 0.3) is 0 Å². The average Bonchev–Trinajstić information content (AvgIpc) is 2.87. The van der Waals surface area contributed by atoms with E-state index in [2.05, 4.69) is 23.4 Å². The van der Waals surface area contributed by atoms with E-state index in [1.54, 1.807) is 4.90 Å². The van der Waals surface area contributed by atoms with Crippen LogP contribution in [0.4, 0.5) is 0 Å². The Morgan fingerprint density at radius 3 is 2.40 bits per heavy atom. The van der Waals surface area contributed by atoms with Crippen LogP contribution < -0.4 is 0 Å². The van der Waals surface area contributed by atoms with Crippen molar-refractivity contribution in [3.63, 3.8) is 0 Å². The highest BCUT2D eigenvalue weighted by molar-refractivity contribution is 7.08. The van der Waals surface area contributed by atoms with E-state index in [-0.39, 0.29) is 24.0 Å². The predicted octanol–water partition coefficient (Wildman–Crippen LogP) is 2.46. The van der Waals surface area contributed by atoms with Crippen LogP contribution in [0.1, 0.15) is 62.8 Å². The normalized spacial score (nSPS) is 11.9. The maximum atomic E-state index is 12.8. The standard InChI is InChI=1S/C14H25N3O2S/c1-6-10(7-2)17(8-9-18)13(19)11-12(14(3,4)5)15-16-20-11/h10,18H,6-9H2,1-5H3. The van der Waals surface area contributed by atoms with Gasteiger partial charge in [-0.2, -0.15) is 0 Å². The van der Waals surface area contributed by atoms with Gasteiger partial charge in [0.25, 0.3) is 5.91 Å². The molecule has 0 aliphatic carbocycles. The van der Waals surface area contributed by atoms with Crippen molar-refractivity contribution in [2.45, 2.75) is 58.9 Å². The summed E-state index contributed by atoms with van der Waals surface area (Å²) in [7, 11) is 0. The molecule has 114 valence electrons. The molecule has 0 radical (unpaired) electrons. The molecule has 0 fully saturated rings. The first-order valence-corrected chi connectivity index (χ1v) is 7.88. The number of nitrogens with zero attached hydrogens (tertiary/aromatic N) is 3. The van der Waals surface area contributed by atoms with Crippen molar-refractivity contribution >= 4 is 17.4 Å². The van der Waals surface area contributed by atoms with E-state index in [1.807, 2.05) is 20.8 Å². The Hall–Kier alpha value is -1.01. The lowest BCUT2D eigenvalue weighted by Gasteiger charge is -2.30. The van der Waals surface area contributed by atoms with Gasteiger partial charge >= 0.3 is 0 Å². The van der Waals surface area contributed by atoms with E-state index in [1.165, 1.54) is 0 Å². The van der Waals surface area contributed by atoms with Crippen LogP contribution in [-0.4, -0.2) is 44.7 Å². The summed E-state index contributed by atoms with van der Waals surface area (Å²) in [6.45, 7) is 10.5. The van der Waals surface area contributed by atoms with Gasteiger partial charge in [0.2, 0.25) is 0 Å². The summed E-state index contributed by atoms with van der Waals surface area (Å²) in [5.41, 5.74) is 0.526. The molecule has 1 N–H and O–H groups in total. The third kappa shape index (κ3) is 3.76. The molecule has 0 bridgehead atoms. The topological polar surface area (TPSA) is 66.3 Å². The first kappa shape index (κ1) is 17.0. The molecule has 1 amide bonds. The highest BCUT2D eigenvalue weighted by Crippen LogP contribution is 2.27. The van der Waals surface area contributed by atoms with Gasteiger partial charge in [0.15, 0.2) is 0 Å². The number of aromatic nitrogens is 2. The minimum absolute atomic E-state index is 0.0284. The molecule has 1 aromatic heterocycles. The van der Waals surface area contributed by atoms with Gasteiger partial charge in [-0.1, -0.05) is 39.1 Å². The summed E-state index contributed by atoms with van der Waals surface area (Å²) in [6, 6.07) is 0.143. The van der Waals surface area contributed by atoms with Crippen LogP contribution in [0.5, 0.6) is 0 Å². The van der Waals surface area contributed by atoms with Crippen molar-refractivity contribution in [1.29, 1.82) is 0 Å². The van der Waals surface area contributed by atoms with Crippen molar-refractivity contribution in [2.75, 3.05) is 13.2 Å². The fourth-order valence-corrected chi connectivity index (χ4v) is 3.07. The van der Waals surface area contributed by atoms with E-state index in [0.717, 1.165) is 30.1 Å². The lowest BCUT2D eigenvalue weighted by molar-refractivity contribution is 0.0624. The molecule has 0 unspecified atom stereocenters. The Kier molecular flexibility index (Phi) is 6.07. The van der Waals surface area contributed by atoms with Gasteiger partial charge in [-0.25, -0.2) is 0 Å². The number of aliphatic hydroxyl groups excluding tert-OH is 1. The quantitative estimate of drug-likeness (QED) is 0.876. The number of hydrogen-bond donors (Lipinski definition) is 1. The summed E-state index contributed by atoms with van der Waals surface area (Å²) in [5, 5.41) is 13.4. The fourth-order valence-electron chi connectivity index (χ4n) is 2.24. The van der Waals surface area contributed by atoms with Crippen molar-refractivity contribution in [3.05, 3.63) is 10.6 Å². The number of hydrogen-bond acceptors (Lipinski definition) is 5. The van der Waals surface area contributed by atoms with Crippen LogP contribution >= 0.6 is 11.5 Å². The van der Waals surface area contributed by atoms with Crippen molar-refractivity contribution in [3.8, 4) is 0 Å². The minimum atomic E-state index is -0.212. The Bertz CT molecular complexity index is 436. The molecule has 6 heteroatoms. The first-order valence-electron chi connectivity index (χ1n) is 7.11. The monoisotopic (exact) mass is 299 g/mol. The van der Waals surface area contributed by atoms with Crippen molar-refractivity contribution in [2.24, 2.45) is 0 Å². The Morgan fingerprint density at radius 2 is 1.95 bits per heavy atom. The second-order valence-electron chi connectivity index (χ2n) is 5.89. The second kappa shape index (κ2) is 7.13. The van der Waals surface area contributed by atoms with Gasteiger partial charge in [0.05, 0.1) is 12.3 Å². The van der Waals surface area contributed by atoms with Crippen molar-refractivity contribution < 1.29 is 9.90 Å². The Balaban J connectivity index is 3.10. The molecular formula is C14H25N3O2S. The van der Waals surface area contributed by atoms with Gasteiger partial charge in [0.1, 0.15) is 4.88 Å². The summed E-state index contributed by atoms with van der Waals surface area (Å²) in [5.74, 6) is -0.0623. The largest absolute Gasteiger partial charge is 0.395 e. The molecule has 0 aliphatic heterocycles. The molecule has 0 atom stereocenters. The number of carbonyl (C=O) groups is 1. The first-order chi connectivity index (χ1) is 9.36. The molecule has 1 aromatic rings. The third-order valence-electron chi connectivity index (χ3n) is 3.38. The molecule has 0 spiro atoms. The average molecular weight is 299 g/mol. The zero-order valence-corrected chi connectivity index (χ0v) is 13.8. The predicted molar refractivity (Wildman–Crippen MR) is 81.1 cm³/mol. The van der Waals surface area contributed by atoms with E-state index >= 15 is 0 Å². The highest BCUT2D eigenvalue weighted by atomic mass is 32.1. The number of aliphatic hydroxyl groups is 1. The molecule has 0 aliphatic rings. The Labute approximate surface area is 125 Å². The molecule has 20 heavy (non-hydrogen) atoms. The second-order valence-corrected chi connectivity index (χ2v) is 6.65. The summed E-state index contributed by atoms with van der Waals surface area (Å²) in [6.07, 6.45) is 1.75. The van der Waals surface area contributed by atoms with E-state index in [9.17, 15) is 9.90 Å². The van der Waals surface area contributed by atoms with Crippen LogP contribution in [0.3, 0.4) is 0 Å². The molecule has 0 saturated heterocycles. The molecule has 0 aromatic carbocycles. The molecule has 1 rings (SSSR count). The summed E-state index contributed by atoms with van der Waals surface area (Å²) in [4.78, 5) is 15.1. The minimum Gasteiger partial charge on any atom is -0.395 e. The maximum Gasteiger partial charge on any atom is 0.267 e. The van der Waals surface area contributed by atoms with Gasteiger partial charge < -0.3 is 10.0 Å². The van der Waals surface area contributed by atoms with Crippen molar-refractivity contribution in [1.82, 2.24) is 14.5 Å². The van der Waals surface area contributed by atoms with Gasteiger partial charge in [-0.05, 0) is 24.4 Å². The van der Waals surface area contributed by atoms with Crippen LogP contribution in [0.15, 0.2) is 0 Å². The third-order valence-corrected chi connectivity index (χ3v) is 4.09. The molecular weight excluding hydrogens is 274 g/mol. The van der Waals surface area contributed by atoms with Gasteiger partial charge in [-0.3, -0.25) is 4.79 Å². The van der Waals surface area contributed by atoms with E-state index < -0.39 is 0 Å². The zero-order chi connectivity index (χ0) is 15.3. The van der Waals surface area contributed by atoms with Crippen LogP contribution in [0.2, 0.25) is 0 Å². The summed E-state index contributed by atoms with van der Waals surface area (Å²) >= 11 is 1.14. The molecule has 1 heterocycles. The van der Waals surface area contributed by atoms with E-state index in [0.29, 0.717) is 11.4 Å². The number of rotatable bonds is 6. The van der Waals surface area contributed by atoms with E-state index in [4.69, 9.17) is 0 Å². The Morgan fingerprint density at radius 1 is 1.35 bits per heavy atom. The molecule has 5 nitrogen and oxygen atoms in total. The SMILES string of the molecule is CCC(CC)N(CCO)C(=O)c1snnc1C(C)(C)C. The van der Waals surface area contributed by atoms with Crippen LogP contribution in [-0.2, 0) is 5.41 Å². The van der Waals surface area contributed by atoms with Gasteiger partial charge in [0, 0.05) is 18.0 Å². The van der Waals surface area contributed by atoms with Gasteiger partial charge in [-0.15, -0.1) is 5.10 Å². The fraction of sp³-hybridized carbons (Fsp3) is 0.786. The summed E-state index contributed by atoms with van der Waals surface area (Å²) < 4.78 is 3.94. The molecule has 0 saturated carbocycles.